The molecule has 1 heterocycles. The Morgan fingerprint density at radius 1 is 1.25 bits per heavy atom. The van der Waals surface area contributed by atoms with Gasteiger partial charge < -0.3 is 10.1 Å². The maximum Gasteiger partial charge on any atom is 0.159 e. The van der Waals surface area contributed by atoms with E-state index in [1.165, 1.54) is 0 Å². The topological polar surface area (TPSA) is 47.0 Å². The molecule has 0 saturated carbocycles. The summed E-state index contributed by atoms with van der Waals surface area (Å²) < 4.78 is 5.16. The van der Waals surface area contributed by atoms with Crippen molar-refractivity contribution >= 4 is 0 Å². The Bertz CT molecular complexity index is 566. The van der Waals surface area contributed by atoms with Gasteiger partial charge in [0.25, 0.3) is 0 Å². The summed E-state index contributed by atoms with van der Waals surface area (Å²) in [6.07, 6.45) is 1.91. The van der Waals surface area contributed by atoms with Gasteiger partial charge in [0.05, 0.1) is 7.11 Å². The molecule has 2 rings (SSSR count). The van der Waals surface area contributed by atoms with Crippen LogP contribution >= 0.6 is 0 Å². The van der Waals surface area contributed by atoms with Gasteiger partial charge in [-0.05, 0) is 44.7 Å². The fraction of sp³-hybridized carbons (Fsp3) is 0.375. The van der Waals surface area contributed by atoms with Crippen molar-refractivity contribution in [1.29, 1.82) is 0 Å². The molecule has 0 radical (unpaired) electrons. The minimum Gasteiger partial charge on any atom is -0.497 e. The van der Waals surface area contributed by atoms with E-state index in [4.69, 9.17) is 4.74 Å². The lowest BCUT2D eigenvalue weighted by molar-refractivity contribution is 0.415. The Hall–Kier alpha value is -1.94. The van der Waals surface area contributed by atoms with Gasteiger partial charge in [0.2, 0.25) is 0 Å². The van der Waals surface area contributed by atoms with E-state index in [9.17, 15) is 0 Å². The molecule has 4 nitrogen and oxygen atoms in total. The molecule has 1 atom stereocenters. The van der Waals surface area contributed by atoms with Crippen LogP contribution in [-0.4, -0.2) is 23.6 Å². The molecule has 1 aromatic heterocycles. The molecule has 0 aliphatic heterocycles. The van der Waals surface area contributed by atoms with Crippen LogP contribution in [0.25, 0.3) is 11.4 Å². The average molecular weight is 271 g/mol. The number of ether oxygens (including phenoxy) is 1. The van der Waals surface area contributed by atoms with E-state index in [1.54, 1.807) is 7.11 Å². The molecule has 1 aromatic carbocycles. The van der Waals surface area contributed by atoms with Gasteiger partial charge in [-0.2, -0.15) is 0 Å². The second-order valence-electron chi connectivity index (χ2n) is 4.74. The first-order valence-corrected chi connectivity index (χ1v) is 6.87. The number of rotatable bonds is 5. The van der Waals surface area contributed by atoms with Crippen LogP contribution in [0.5, 0.6) is 5.75 Å². The Balaban J connectivity index is 2.27. The lowest BCUT2D eigenvalue weighted by Crippen LogP contribution is -2.19. The van der Waals surface area contributed by atoms with Crippen molar-refractivity contribution in [3.05, 3.63) is 41.7 Å². The zero-order valence-corrected chi connectivity index (χ0v) is 12.5. The summed E-state index contributed by atoms with van der Waals surface area (Å²) in [6, 6.07) is 8.05. The number of nitrogens with one attached hydrogen (secondary N) is 1. The van der Waals surface area contributed by atoms with Crippen LogP contribution in [0.3, 0.4) is 0 Å². The van der Waals surface area contributed by atoms with Crippen molar-refractivity contribution in [2.75, 3.05) is 13.7 Å². The second kappa shape index (κ2) is 6.48. The molecule has 106 valence electrons. The highest BCUT2D eigenvalue weighted by molar-refractivity contribution is 5.56. The average Bonchev–Trinajstić information content (AvgIpc) is 2.47. The van der Waals surface area contributed by atoms with Gasteiger partial charge in [0.15, 0.2) is 5.82 Å². The van der Waals surface area contributed by atoms with Crippen LogP contribution in [0.15, 0.2) is 30.5 Å². The number of aryl methyl sites for hydroxylation is 1. The zero-order valence-electron chi connectivity index (χ0n) is 12.5. The van der Waals surface area contributed by atoms with Crippen molar-refractivity contribution in [1.82, 2.24) is 15.3 Å². The van der Waals surface area contributed by atoms with Gasteiger partial charge in [-0.25, -0.2) is 9.97 Å². The third-order valence-electron chi connectivity index (χ3n) is 3.34. The minimum absolute atomic E-state index is 0.268. The quantitative estimate of drug-likeness (QED) is 0.907. The number of hydrogen-bond acceptors (Lipinski definition) is 4. The molecular weight excluding hydrogens is 250 g/mol. The highest BCUT2D eigenvalue weighted by atomic mass is 16.5. The predicted molar refractivity (Wildman–Crippen MR) is 80.8 cm³/mol. The van der Waals surface area contributed by atoms with E-state index in [-0.39, 0.29) is 6.04 Å². The highest BCUT2D eigenvalue weighted by Gasteiger charge is 2.10. The normalized spacial score (nSPS) is 12.2. The molecule has 0 saturated heterocycles. The zero-order chi connectivity index (χ0) is 14.5. The number of nitrogens with zero attached hydrogens (tertiary/aromatic N) is 2. The molecule has 0 amide bonds. The molecule has 20 heavy (non-hydrogen) atoms. The summed E-state index contributed by atoms with van der Waals surface area (Å²) in [5, 5.41) is 3.38. The second-order valence-corrected chi connectivity index (χ2v) is 4.74. The van der Waals surface area contributed by atoms with Gasteiger partial charge in [-0.3, -0.25) is 0 Å². The summed E-state index contributed by atoms with van der Waals surface area (Å²) in [6.45, 7) is 7.18. The van der Waals surface area contributed by atoms with Crippen LogP contribution in [0.4, 0.5) is 0 Å². The number of benzene rings is 1. The Labute approximate surface area is 120 Å². The van der Waals surface area contributed by atoms with Gasteiger partial charge in [0, 0.05) is 29.1 Å². The number of methoxy groups -OCH3 is 1. The third-order valence-corrected chi connectivity index (χ3v) is 3.34. The predicted octanol–water partition coefficient (Wildman–Crippen LogP) is 3.13. The fourth-order valence-electron chi connectivity index (χ4n) is 2.20. The van der Waals surface area contributed by atoms with Gasteiger partial charge in [-0.1, -0.05) is 6.92 Å². The molecule has 2 aromatic rings. The fourth-order valence-corrected chi connectivity index (χ4v) is 2.20. The van der Waals surface area contributed by atoms with E-state index in [0.29, 0.717) is 0 Å². The Morgan fingerprint density at radius 2 is 1.95 bits per heavy atom. The number of aromatic nitrogens is 2. The smallest absolute Gasteiger partial charge is 0.159 e. The van der Waals surface area contributed by atoms with Crippen LogP contribution in [0, 0.1) is 6.92 Å². The first-order chi connectivity index (χ1) is 9.65. The van der Waals surface area contributed by atoms with Gasteiger partial charge >= 0.3 is 0 Å². The minimum atomic E-state index is 0.268. The molecule has 4 heteroatoms. The summed E-state index contributed by atoms with van der Waals surface area (Å²) in [5.41, 5.74) is 3.15. The molecule has 0 bridgehead atoms. The van der Waals surface area contributed by atoms with Crippen LogP contribution in [-0.2, 0) is 0 Å². The van der Waals surface area contributed by atoms with Crippen molar-refractivity contribution < 1.29 is 4.74 Å². The monoisotopic (exact) mass is 271 g/mol. The van der Waals surface area contributed by atoms with Crippen LogP contribution in [0.1, 0.15) is 31.1 Å². The Morgan fingerprint density at radius 3 is 2.50 bits per heavy atom. The van der Waals surface area contributed by atoms with Crippen molar-refractivity contribution in [3.8, 4) is 17.1 Å². The molecule has 1 unspecified atom stereocenters. The maximum atomic E-state index is 5.16. The van der Waals surface area contributed by atoms with Crippen molar-refractivity contribution in [2.45, 2.75) is 26.8 Å². The molecular formula is C16H21N3O. The largest absolute Gasteiger partial charge is 0.497 e. The summed E-state index contributed by atoms with van der Waals surface area (Å²) in [5.74, 6) is 1.58. The molecule has 0 aliphatic carbocycles. The van der Waals surface area contributed by atoms with E-state index >= 15 is 0 Å². The summed E-state index contributed by atoms with van der Waals surface area (Å²) >= 11 is 0. The summed E-state index contributed by atoms with van der Waals surface area (Å²) in [7, 11) is 1.66. The Kier molecular flexibility index (Phi) is 4.69. The van der Waals surface area contributed by atoms with Crippen molar-refractivity contribution in [3.63, 3.8) is 0 Å². The van der Waals surface area contributed by atoms with Crippen LogP contribution in [0.2, 0.25) is 0 Å². The van der Waals surface area contributed by atoms with E-state index in [2.05, 4.69) is 29.1 Å². The third kappa shape index (κ3) is 3.14. The molecule has 1 N–H and O–H groups in total. The molecule has 0 fully saturated rings. The standard InChI is InChI=1S/C16H21N3O/c1-5-17-11(2)15-10-18-16(19-12(15)3)13-6-8-14(20-4)9-7-13/h6-11,17H,5H2,1-4H3. The highest BCUT2D eigenvalue weighted by Crippen LogP contribution is 2.21. The van der Waals surface area contributed by atoms with E-state index < -0.39 is 0 Å². The van der Waals surface area contributed by atoms with E-state index in [1.807, 2.05) is 37.4 Å². The van der Waals surface area contributed by atoms with Gasteiger partial charge in [-0.15, -0.1) is 0 Å². The first-order valence-electron chi connectivity index (χ1n) is 6.87. The van der Waals surface area contributed by atoms with Crippen LogP contribution < -0.4 is 10.1 Å². The first kappa shape index (κ1) is 14.5. The lowest BCUT2D eigenvalue weighted by Gasteiger charge is -2.15. The molecule has 0 spiro atoms. The maximum absolute atomic E-state index is 5.16. The van der Waals surface area contributed by atoms with Gasteiger partial charge in [0.1, 0.15) is 5.75 Å². The summed E-state index contributed by atoms with van der Waals surface area (Å²) in [4.78, 5) is 9.09. The molecule has 0 aliphatic rings. The van der Waals surface area contributed by atoms with E-state index in [0.717, 1.165) is 34.9 Å². The number of hydrogen-bond donors (Lipinski definition) is 1. The SMILES string of the molecule is CCNC(C)c1cnc(-c2ccc(OC)cc2)nc1C. The lowest BCUT2D eigenvalue weighted by atomic mass is 10.1. The van der Waals surface area contributed by atoms with Crippen molar-refractivity contribution in [2.24, 2.45) is 0 Å².